The van der Waals surface area contributed by atoms with E-state index in [1.54, 1.807) is 11.3 Å². The van der Waals surface area contributed by atoms with E-state index in [9.17, 15) is 4.79 Å². The molecule has 2 amide bonds. The lowest BCUT2D eigenvalue weighted by Crippen LogP contribution is -2.44. The summed E-state index contributed by atoms with van der Waals surface area (Å²) in [5.74, 6) is 0. The standard InChI is InChI=1S/C29H29N3OS/c33-29(31-28(23-10-3-1-4-11-23)24-12-5-2-6-13-24)30-19-27(26-16-18-34-21-26)32-17-15-22-9-7-8-14-25(22)20-32/h1-14,16,18,21,27-28H,15,17,19-20H2,(H2,30,31,33). The van der Waals surface area contributed by atoms with Crippen LogP contribution in [0, 0.1) is 0 Å². The van der Waals surface area contributed by atoms with Gasteiger partial charge in [0.15, 0.2) is 0 Å². The van der Waals surface area contributed by atoms with Gasteiger partial charge in [0.2, 0.25) is 0 Å². The molecular formula is C29H29N3OS. The Hall–Kier alpha value is -3.41. The molecule has 1 aromatic heterocycles. The Labute approximate surface area is 205 Å². The van der Waals surface area contributed by atoms with Crippen molar-refractivity contribution < 1.29 is 4.79 Å². The van der Waals surface area contributed by atoms with Crippen LogP contribution in [0.3, 0.4) is 0 Å². The van der Waals surface area contributed by atoms with Crippen LogP contribution in [0.4, 0.5) is 4.79 Å². The van der Waals surface area contributed by atoms with Gasteiger partial charge in [-0.2, -0.15) is 11.3 Å². The average Bonchev–Trinajstić information content (AvgIpc) is 3.43. The Kier molecular flexibility index (Phi) is 7.03. The summed E-state index contributed by atoms with van der Waals surface area (Å²) in [6.45, 7) is 2.44. The highest BCUT2D eigenvalue weighted by Gasteiger charge is 2.26. The van der Waals surface area contributed by atoms with Crippen molar-refractivity contribution in [3.63, 3.8) is 0 Å². The number of urea groups is 1. The predicted octanol–water partition coefficient (Wildman–Crippen LogP) is 5.94. The minimum Gasteiger partial charge on any atom is -0.336 e. The summed E-state index contributed by atoms with van der Waals surface area (Å²) in [6.07, 6.45) is 1.03. The molecule has 172 valence electrons. The summed E-state index contributed by atoms with van der Waals surface area (Å²) in [5, 5.41) is 10.7. The number of benzene rings is 3. The smallest absolute Gasteiger partial charge is 0.315 e. The first kappa shape index (κ1) is 22.4. The third kappa shape index (κ3) is 5.22. The van der Waals surface area contributed by atoms with E-state index < -0.39 is 0 Å². The Morgan fingerprint density at radius 1 is 0.824 bits per heavy atom. The van der Waals surface area contributed by atoms with E-state index in [-0.39, 0.29) is 18.1 Å². The van der Waals surface area contributed by atoms with Gasteiger partial charge in [0.05, 0.1) is 12.1 Å². The van der Waals surface area contributed by atoms with E-state index in [1.165, 1.54) is 16.7 Å². The first-order valence-corrected chi connectivity index (χ1v) is 12.7. The van der Waals surface area contributed by atoms with Gasteiger partial charge in [0, 0.05) is 19.6 Å². The minimum atomic E-state index is -0.205. The summed E-state index contributed by atoms with van der Waals surface area (Å²) in [7, 11) is 0. The fraction of sp³-hybridized carbons (Fsp3) is 0.207. The van der Waals surface area contributed by atoms with Crippen LogP contribution in [0.5, 0.6) is 0 Å². The van der Waals surface area contributed by atoms with Gasteiger partial charge in [0.1, 0.15) is 0 Å². The first-order valence-electron chi connectivity index (χ1n) is 11.7. The normalized spacial score (nSPS) is 14.4. The molecule has 0 saturated carbocycles. The van der Waals surface area contributed by atoms with E-state index in [0.717, 1.165) is 30.6 Å². The fourth-order valence-electron chi connectivity index (χ4n) is 4.73. The second kappa shape index (κ2) is 10.7. The van der Waals surface area contributed by atoms with Crippen molar-refractivity contribution in [3.8, 4) is 0 Å². The highest BCUT2D eigenvalue weighted by Crippen LogP contribution is 2.29. The molecular weight excluding hydrogens is 438 g/mol. The molecule has 3 aromatic carbocycles. The molecule has 34 heavy (non-hydrogen) atoms. The maximum Gasteiger partial charge on any atom is 0.315 e. The summed E-state index contributed by atoms with van der Waals surface area (Å²) in [5.41, 5.74) is 6.19. The Morgan fingerprint density at radius 3 is 2.12 bits per heavy atom. The van der Waals surface area contributed by atoms with Crippen molar-refractivity contribution in [1.29, 1.82) is 0 Å². The molecule has 1 aliphatic heterocycles. The molecule has 1 unspecified atom stereocenters. The Bertz CT molecular complexity index is 1160. The number of nitrogens with one attached hydrogen (secondary N) is 2. The topological polar surface area (TPSA) is 44.4 Å². The highest BCUT2D eigenvalue weighted by molar-refractivity contribution is 7.08. The fourth-order valence-corrected chi connectivity index (χ4v) is 5.43. The lowest BCUT2D eigenvalue weighted by Gasteiger charge is -2.35. The van der Waals surface area contributed by atoms with Crippen molar-refractivity contribution >= 4 is 17.4 Å². The van der Waals surface area contributed by atoms with Crippen LogP contribution in [0.2, 0.25) is 0 Å². The average molecular weight is 468 g/mol. The van der Waals surface area contributed by atoms with Crippen LogP contribution in [0.1, 0.15) is 39.9 Å². The molecule has 0 radical (unpaired) electrons. The van der Waals surface area contributed by atoms with Crippen molar-refractivity contribution in [2.45, 2.75) is 25.0 Å². The second-order valence-electron chi connectivity index (χ2n) is 8.67. The number of fused-ring (bicyclic) bond motifs is 1. The van der Waals surface area contributed by atoms with Gasteiger partial charge in [-0.05, 0) is 51.1 Å². The lowest BCUT2D eigenvalue weighted by molar-refractivity contribution is 0.174. The number of hydrogen-bond donors (Lipinski definition) is 2. The van der Waals surface area contributed by atoms with Crippen LogP contribution in [-0.2, 0) is 13.0 Å². The maximum atomic E-state index is 13.1. The molecule has 2 heterocycles. The quantitative estimate of drug-likeness (QED) is 0.353. The van der Waals surface area contributed by atoms with Gasteiger partial charge in [-0.25, -0.2) is 4.79 Å². The van der Waals surface area contributed by atoms with Gasteiger partial charge < -0.3 is 10.6 Å². The molecule has 5 rings (SSSR count). The molecule has 0 bridgehead atoms. The second-order valence-corrected chi connectivity index (χ2v) is 9.45. The lowest BCUT2D eigenvalue weighted by atomic mass is 9.97. The molecule has 1 atom stereocenters. The zero-order chi connectivity index (χ0) is 23.2. The van der Waals surface area contributed by atoms with E-state index in [4.69, 9.17) is 0 Å². The molecule has 5 heteroatoms. The van der Waals surface area contributed by atoms with E-state index in [2.05, 4.69) is 80.9 Å². The molecule has 4 nitrogen and oxygen atoms in total. The van der Waals surface area contributed by atoms with Gasteiger partial charge in [-0.15, -0.1) is 0 Å². The zero-order valence-electron chi connectivity index (χ0n) is 19.1. The molecule has 4 aromatic rings. The molecule has 2 N–H and O–H groups in total. The third-order valence-corrected chi connectivity index (χ3v) is 7.23. The third-order valence-electron chi connectivity index (χ3n) is 6.53. The highest BCUT2D eigenvalue weighted by atomic mass is 32.1. The summed E-state index contributed by atoms with van der Waals surface area (Å²) in [6, 6.07) is 30.8. The maximum absolute atomic E-state index is 13.1. The Morgan fingerprint density at radius 2 is 1.47 bits per heavy atom. The summed E-state index contributed by atoms with van der Waals surface area (Å²) < 4.78 is 0. The molecule has 0 aliphatic carbocycles. The van der Waals surface area contributed by atoms with Gasteiger partial charge >= 0.3 is 6.03 Å². The largest absolute Gasteiger partial charge is 0.336 e. The molecule has 1 aliphatic rings. The SMILES string of the molecule is O=C(NCC(c1ccsc1)N1CCc2ccccc2C1)NC(c1ccccc1)c1ccccc1. The number of rotatable bonds is 7. The van der Waals surface area contributed by atoms with Crippen molar-refractivity contribution in [3.05, 3.63) is 130 Å². The van der Waals surface area contributed by atoms with Crippen LogP contribution >= 0.6 is 11.3 Å². The van der Waals surface area contributed by atoms with Crippen LogP contribution in [-0.4, -0.2) is 24.0 Å². The monoisotopic (exact) mass is 467 g/mol. The van der Waals surface area contributed by atoms with E-state index >= 15 is 0 Å². The predicted molar refractivity (Wildman–Crippen MR) is 139 cm³/mol. The van der Waals surface area contributed by atoms with Crippen molar-refractivity contribution in [2.75, 3.05) is 13.1 Å². The van der Waals surface area contributed by atoms with Crippen molar-refractivity contribution in [2.24, 2.45) is 0 Å². The summed E-state index contributed by atoms with van der Waals surface area (Å²) >= 11 is 1.70. The van der Waals surface area contributed by atoms with E-state index in [1.807, 2.05) is 36.4 Å². The van der Waals surface area contributed by atoms with Crippen LogP contribution < -0.4 is 10.6 Å². The minimum absolute atomic E-state index is 0.136. The molecule has 0 fully saturated rings. The summed E-state index contributed by atoms with van der Waals surface area (Å²) in [4.78, 5) is 15.6. The first-order chi connectivity index (χ1) is 16.8. The Balaban J connectivity index is 1.30. The molecule has 0 saturated heterocycles. The number of hydrogen-bond acceptors (Lipinski definition) is 3. The number of carbonyl (C=O) groups is 1. The van der Waals surface area contributed by atoms with Crippen LogP contribution in [0.15, 0.2) is 102 Å². The number of amides is 2. The van der Waals surface area contributed by atoms with Crippen molar-refractivity contribution in [1.82, 2.24) is 15.5 Å². The zero-order valence-corrected chi connectivity index (χ0v) is 19.9. The van der Waals surface area contributed by atoms with Gasteiger partial charge in [-0.3, -0.25) is 4.90 Å². The van der Waals surface area contributed by atoms with Gasteiger partial charge in [0.25, 0.3) is 0 Å². The number of thiophene rings is 1. The molecule has 0 spiro atoms. The number of nitrogens with zero attached hydrogens (tertiary/aromatic N) is 1. The van der Waals surface area contributed by atoms with E-state index in [0.29, 0.717) is 6.54 Å². The van der Waals surface area contributed by atoms with Crippen LogP contribution in [0.25, 0.3) is 0 Å². The van der Waals surface area contributed by atoms with Gasteiger partial charge in [-0.1, -0.05) is 84.9 Å². The number of carbonyl (C=O) groups excluding carboxylic acids is 1.